The zero-order valence-corrected chi connectivity index (χ0v) is 13.0. The Balaban J connectivity index is 1.55. The van der Waals surface area contributed by atoms with Crippen LogP contribution in [-0.4, -0.2) is 22.3 Å². The van der Waals surface area contributed by atoms with Crippen LogP contribution in [0.5, 0.6) is 0 Å². The van der Waals surface area contributed by atoms with Crippen molar-refractivity contribution in [1.29, 1.82) is 0 Å². The number of nitrogens with zero attached hydrogens (tertiary/aromatic N) is 2. The smallest absolute Gasteiger partial charge is 0.276 e. The molecule has 2 heterocycles. The minimum atomic E-state index is -0.353. The van der Waals surface area contributed by atoms with Gasteiger partial charge >= 0.3 is 0 Å². The third-order valence-electron chi connectivity index (χ3n) is 3.01. The molecule has 1 amide bonds. The number of rotatable bonds is 5. The van der Waals surface area contributed by atoms with Gasteiger partial charge < -0.3 is 0 Å². The third kappa shape index (κ3) is 4.02. The number of aromatic amines is 1. The number of hydrazone groups is 1. The van der Waals surface area contributed by atoms with Crippen molar-refractivity contribution in [1.82, 2.24) is 15.6 Å². The molecule has 6 heteroatoms. The largest absolute Gasteiger partial charge is 0.291 e. The van der Waals surface area contributed by atoms with Gasteiger partial charge in [0, 0.05) is 6.21 Å². The average molecular weight is 322 g/mol. The Kier molecular flexibility index (Phi) is 4.76. The lowest BCUT2D eigenvalue weighted by atomic mass is 10.2. The lowest BCUT2D eigenvalue weighted by Crippen LogP contribution is -2.17. The van der Waals surface area contributed by atoms with Crippen molar-refractivity contribution in [3.8, 4) is 10.6 Å². The first-order valence-corrected chi connectivity index (χ1v) is 7.85. The van der Waals surface area contributed by atoms with Crippen LogP contribution in [0.3, 0.4) is 0 Å². The summed E-state index contributed by atoms with van der Waals surface area (Å²) >= 11 is 1.58. The summed E-state index contributed by atoms with van der Waals surface area (Å²) in [6, 6.07) is 15.5. The van der Waals surface area contributed by atoms with E-state index in [0.29, 0.717) is 5.69 Å². The molecule has 0 fully saturated rings. The normalized spacial score (nSPS) is 11.3. The average Bonchev–Trinajstić information content (AvgIpc) is 3.26. The van der Waals surface area contributed by atoms with E-state index in [1.807, 2.05) is 53.9 Å². The first-order chi connectivity index (χ1) is 11.3. The Labute approximate surface area is 137 Å². The predicted molar refractivity (Wildman–Crippen MR) is 93.3 cm³/mol. The zero-order chi connectivity index (χ0) is 15.9. The van der Waals surface area contributed by atoms with Gasteiger partial charge in [-0.2, -0.15) is 10.2 Å². The third-order valence-corrected chi connectivity index (χ3v) is 3.92. The Hall–Kier alpha value is -2.99. The maximum absolute atomic E-state index is 11.9. The minimum Gasteiger partial charge on any atom is -0.276 e. The number of carbonyl (C=O) groups excluding carboxylic acids is 1. The molecule has 0 aliphatic carbocycles. The number of H-pyrrole nitrogens is 1. The van der Waals surface area contributed by atoms with Gasteiger partial charge in [0.15, 0.2) is 5.69 Å². The summed E-state index contributed by atoms with van der Waals surface area (Å²) in [5, 5.41) is 12.7. The highest BCUT2D eigenvalue weighted by molar-refractivity contribution is 7.13. The molecule has 114 valence electrons. The van der Waals surface area contributed by atoms with Crippen LogP contribution in [-0.2, 0) is 0 Å². The van der Waals surface area contributed by atoms with E-state index < -0.39 is 0 Å². The Morgan fingerprint density at radius 2 is 2.09 bits per heavy atom. The molecule has 0 aliphatic rings. The van der Waals surface area contributed by atoms with E-state index >= 15 is 0 Å². The highest BCUT2D eigenvalue weighted by Gasteiger charge is 2.10. The summed E-state index contributed by atoms with van der Waals surface area (Å²) in [6.45, 7) is 0. The minimum absolute atomic E-state index is 0.303. The van der Waals surface area contributed by atoms with Gasteiger partial charge in [0.2, 0.25) is 0 Å². The molecule has 0 saturated carbocycles. The molecule has 1 aromatic carbocycles. The van der Waals surface area contributed by atoms with Crippen molar-refractivity contribution in [2.45, 2.75) is 0 Å². The highest BCUT2D eigenvalue weighted by Crippen LogP contribution is 2.22. The number of allylic oxidation sites excluding steroid dienone is 1. The maximum atomic E-state index is 11.9. The fraction of sp³-hybridized carbons (Fsp3) is 0. The van der Waals surface area contributed by atoms with Gasteiger partial charge in [-0.15, -0.1) is 11.3 Å². The summed E-state index contributed by atoms with van der Waals surface area (Å²) < 4.78 is 0. The summed E-state index contributed by atoms with van der Waals surface area (Å²) in [6.07, 6.45) is 5.19. The molecule has 0 radical (unpaired) electrons. The second kappa shape index (κ2) is 7.33. The van der Waals surface area contributed by atoms with E-state index in [1.54, 1.807) is 23.5 Å². The Morgan fingerprint density at radius 3 is 2.87 bits per heavy atom. The van der Waals surface area contributed by atoms with Gasteiger partial charge in [-0.1, -0.05) is 42.5 Å². The van der Waals surface area contributed by atoms with Gasteiger partial charge in [-0.3, -0.25) is 9.89 Å². The van der Waals surface area contributed by atoms with Crippen LogP contribution in [0, 0.1) is 0 Å². The van der Waals surface area contributed by atoms with Crippen LogP contribution in [0.15, 0.2) is 65.1 Å². The van der Waals surface area contributed by atoms with Gasteiger partial charge in [0.1, 0.15) is 0 Å². The number of benzene rings is 1. The number of amides is 1. The molecule has 2 aromatic heterocycles. The van der Waals surface area contributed by atoms with Crippen molar-refractivity contribution in [3.05, 3.63) is 71.2 Å². The molecule has 3 aromatic rings. The van der Waals surface area contributed by atoms with Crippen LogP contribution in [0.25, 0.3) is 16.6 Å². The second-order valence-corrected chi connectivity index (χ2v) is 5.58. The van der Waals surface area contributed by atoms with Gasteiger partial charge in [0.25, 0.3) is 5.91 Å². The monoisotopic (exact) mass is 322 g/mol. The van der Waals surface area contributed by atoms with Gasteiger partial charge in [0.05, 0.1) is 10.6 Å². The molecule has 0 spiro atoms. The lowest BCUT2D eigenvalue weighted by molar-refractivity contribution is 0.0950. The Morgan fingerprint density at radius 1 is 1.22 bits per heavy atom. The van der Waals surface area contributed by atoms with E-state index in [1.165, 1.54) is 6.21 Å². The van der Waals surface area contributed by atoms with Crippen molar-refractivity contribution >= 4 is 29.5 Å². The highest BCUT2D eigenvalue weighted by atomic mass is 32.1. The van der Waals surface area contributed by atoms with Gasteiger partial charge in [-0.05, 0) is 29.2 Å². The SMILES string of the molecule is O=C(NN=CC=Cc1ccccc1)c1cc(-c2cccs2)[nH]n1. The standard InChI is InChI=1S/C17H14N4OS/c22-17(15-12-14(19-20-15)16-9-5-11-23-16)21-18-10-4-8-13-6-2-1-3-7-13/h1-12H,(H,19,20)(H,21,22). The molecule has 0 aliphatic heterocycles. The molecule has 5 nitrogen and oxygen atoms in total. The van der Waals surface area contributed by atoms with E-state index in [4.69, 9.17) is 0 Å². The fourth-order valence-corrected chi connectivity index (χ4v) is 2.60. The van der Waals surface area contributed by atoms with Crippen LogP contribution in [0.2, 0.25) is 0 Å². The summed E-state index contributed by atoms with van der Waals surface area (Å²) in [7, 11) is 0. The number of thiophene rings is 1. The maximum Gasteiger partial charge on any atom is 0.291 e. The quantitative estimate of drug-likeness (QED) is 0.557. The molecule has 0 atom stereocenters. The van der Waals surface area contributed by atoms with Crippen molar-refractivity contribution < 1.29 is 4.79 Å². The summed E-state index contributed by atoms with van der Waals surface area (Å²) in [5.41, 5.74) is 4.63. The summed E-state index contributed by atoms with van der Waals surface area (Å²) in [5.74, 6) is -0.353. The predicted octanol–water partition coefficient (Wildman–Crippen LogP) is 3.57. The molecule has 2 N–H and O–H groups in total. The Bertz CT molecular complexity index is 819. The first-order valence-electron chi connectivity index (χ1n) is 6.97. The van der Waals surface area contributed by atoms with Crippen LogP contribution < -0.4 is 5.43 Å². The first kappa shape index (κ1) is 14.9. The van der Waals surface area contributed by atoms with E-state index in [9.17, 15) is 4.79 Å². The number of aromatic nitrogens is 2. The van der Waals surface area contributed by atoms with Crippen molar-refractivity contribution in [2.24, 2.45) is 5.10 Å². The van der Waals surface area contributed by atoms with Gasteiger partial charge in [-0.25, -0.2) is 5.43 Å². The summed E-state index contributed by atoms with van der Waals surface area (Å²) in [4.78, 5) is 13.0. The lowest BCUT2D eigenvalue weighted by Gasteiger charge is -1.93. The second-order valence-electron chi connectivity index (χ2n) is 4.63. The molecule has 0 unspecified atom stereocenters. The van der Waals surface area contributed by atoms with E-state index in [2.05, 4.69) is 20.7 Å². The molecule has 0 saturated heterocycles. The molecule has 0 bridgehead atoms. The number of hydrogen-bond acceptors (Lipinski definition) is 4. The topological polar surface area (TPSA) is 70.1 Å². The van der Waals surface area contributed by atoms with Crippen LogP contribution in [0.4, 0.5) is 0 Å². The number of carbonyl (C=O) groups is 1. The van der Waals surface area contributed by atoms with Crippen molar-refractivity contribution in [2.75, 3.05) is 0 Å². The fourth-order valence-electron chi connectivity index (χ4n) is 1.91. The molecule has 23 heavy (non-hydrogen) atoms. The van der Waals surface area contributed by atoms with Crippen molar-refractivity contribution in [3.63, 3.8) is 0 Å². The number of nitrogens with one attached hydrogen (secondary N) is 2. The zero-order valence-electron chi connectivity index (χ0n) is 12.1. The van der Waals surface area contributed by atoms with E-state index in [-0.39, 0.29) is 5.91 Å². The van der Waals surface area contributed by atoms with E-state index in [0.717, 1.165) is 16.1 Å². The van der Waals surface area contributed by atoms with Crippen LogP contribution in [0.1, 0.15) is 16.1 Å². The molecule has 3 rings (SSSR count). The molecular weight excluding hydrogens is 308 g/mol. The number of hydrogen-bond donors (Lipinski definition) is 2. The molecular formula is C17H14N4OS. The van der Waals surface area contributed by atoms with Crippen LogP contribution >= 0.6 is 11.3 Å².